The van der Waals surface area contributed by atoms with E-state index in [2.05, 4.69) is 0 Å². The van der Waals surface area contributed by atoms with Gasteiger partial charge in [-0.3, -0.25) is 59.6 Å². The van der Waals surface area contributed by atoms with Gasteiger partial charge in [-0.25, -0.2) is 9.80 Å². The predicted molar refractivity (Wildman–Crippen MR) is 190 cm³/mol. The van der Waals surface area contributed by atoms with E-state index >= 15 is 0 Å². The van der Waals surface area contributed by atoms with Crippen LogP contribution in [0.25, 0.3) is 21.5 Å². The molecular formula is C36H16N6O13. The highest BCUT2D eigenvalue weighted by atomic mass is 16.6. The van der Waals surface area contributed by atoms with E-state index in [0.29, 0.717) is 0 Å². The van der Waals surface area contributed by atoms with Gasteiger partial charge in [0.15, 0.2) is 0 Å². The summed E-state index contributed by atoms with van der Waals surface area (Å²) in [6.45, 7) is 0. The number of nitrogens with zero attached hydrogens (tertiary/aromatic N) is 6. The van der Waals surface area contributed by atoms with Crippen molar-refractivity contribution in [3.8, 4) is 11.5 Å². The largest absolute Gasteiger partial charge is 0.457 e. The SMILES string of the molecule is O=C1c2ccc([N+](=O)[O-])c3c([N+](=O)[O-])ccc(c23)C(=O)N1c1ccc(Oc2ccc(N3C(=O)c4ccc([N+](=O)[O-])c5c([N+](=O)[O-])ccc(c45)C3=O)cc2)cc1. The maximum Gasteiger partial charge on any atom is 0.284 e. The van der Waals surface area contributed by atoms with Gasteiger partial charge in [-0.05, 0) is 72.8 Å². The number of hydrogen-bond donors (Lipinski definition) is 0. The van der Waals surface area contributed by atoms with Gasteiger partial charge < -0.3 is 4.74 Å². The fourth-order valence-electron chi connectivity index (χ4n) is 6.84. The average molecular weight is 741 g/mol. The van der Waals surface area contributed by atoms with Gasteiger partial charge in [-0.15, -0.1) is 0 Å². The van der Waals surface area contributed by atoms with Crippen LogP contribution in [0.4, 0.5) is 34.1 Å². The van der Waals surface area contributed by atoms with Crippen LogP contribution in [-0.2, 0) is 0 Å². The van der Waals surface area contributed by atoms with Crippen molar-refractivity contribution in [1.29, 1.82) is 0 Å². The number of nitro groups is 4. The third-order valence-electron chi connectivity index (χ3n) is 9.18. The summed E-state index contributed by atoms with van der Waals surface area (Å²) in [4.78, 5) is 99.5. The van der Waals surface area contributed by atoms with Crippen molar-refractivity contribution in [1.82, 2.24) is 0 Å². The van der Waals surface area contributed by atoms with Crippen LogP contribution >= 0.6 is 0 Å². The van der Waals surface area contributed by atoms with Gasteiger partial charge in [-0.1, -0.05) is 0 Å². The first-order valence-corrected chi connectivity index (χ1v) is 15.7. The zero-order valence-corrected chi connectivity index (χ0v) is 27.2. The first-order valence-electron chi connectivity index (χ1n) is 15.7. The Kier molecular flexibility index (Phi) is 7.37. The number of nitro benzene ring substituents is 4. The lowest BCUT2D eigenvalue weighted by Crippen LogP contribution is -2.40. The van der Waals surface area contributed by atoms with E-state index in [-0.39, 0.29) is 55.9 Å². The molecule has 4 amide bonds. The average Bonchev–Trinajstić information content (AvgIpc) is 3.16. The first kappa shape index (κ1) is 33.7. The lowest BCUT2D eigenvalue weighted by Gasteiger charge is -2.27. The van der Waals surface area contributed by atoms with E-state index in [1.54, 1.807) is 0 Å². The van der Waals surface area contributed by atoms with Gasteiger partial charge in [0.05, 0.1) is 31.1 Å². The van der Waals surface area contributed by atoms with Crippen molar-refractivity contribution in [2.24, 2.45) is 0 Å². The Labute approximate surface area is 303 Å². The van der Waals surface area contributed by atoms with E-state index in [9.17, 15) is 59.6 Å². The molecule has 19 nitrogen and oxygen atoms in total. The van der Waals surface area contributed by atoms with Crippen LogP contribution in [0.15, 0.2) is 97.1 Å². The fourth-order valence-corrected chi connectivity index (χ4v) is 6.84. The molecule has 0 unspecified atom stereocenters. The Hall–Kier alpha value is -8.48. The van der Waals surface area contributed by atoms with Crippen LogP contribution in [-0.4, -0.2) is 43.3 Å². The lowest BCUT2D eigenvalue weighted by atomic mass is 9.91. The van der Waals surface area contributed by atoms with Crippen molar-refractivity contribution in [2.45, 2.75) is 0 Å². The molecule has 0 aliphatic carbocycles. The summed E-state index contributed by atoms with van der Waals surface area (Å²) in [6.07, 6.45) is 0. The number of carbonyl (C=O) groups excluding carboxylic acids is 4. The van der Waals surface area contributed by atoms with E-state index < -0.39 is 76.8 Å². The molecule has 0 N–H and O–H groups in total. The molecule has 0 radical (unpaired) electrons. The Bertz CT molecular complexity index is 2510. The molecule has 0 fully saturated rings. The van der Waals surface area contributed by atoms with Crippen LogP contribution in [0.5, 0.6) is 11.5 Å². The van der Waals surface area contributed by atoms with Gasteiger partial charge in [0, 0.05) is 57.3 Å². The normalized spacial score (nSPS) is 13.4. The van der Waals surface area contributed by atoms with E-state index in [4.69, 9.17) is 4.74 Å². The quantitative estimate of drug-likeness (QED) is 0.0864. The zero-order chi connectivity index (χ0) is 39.0. The minimum atomic E-state index is -0.862. The fraction of sp³-hybridized carbons (Fsp3) is 0. The number of amides is 4. The van der Waals surface area contributed by atoms with E-state index in [0.717, 1.165) is 58.3 Å². The number of non-ortho nitro benzene ring substituents is 4. The molecule has 0 spiro atoms. The van der Waals surface area contributed by atoms with Crippen LogP contribution in [0, 0.1) is 40.5 Å². The molecule has 2 aliphatic rings. The van der Waals surface area contributed by atoms with Crippen LogP contribution < -0.4 is 14.5 Å². The maximum absolute atomic E-state index is 13.6. The number of anilines is 2. The highest BCUT2D eigenvalue weighted by Gasteiger charge is 2.40. The van der Waals surface area contributed by atoms with Gasteiger partial charge in [0.2, 0.25) is 0 Å². The van der Waals surface area contributed by atoms with E-state index in [1.807, 2.05) is 0 Å². The monoisotopic (exact) mass is 740 g/mol. The highest BCUT2D eigenvalue weighted by molar-refractivity contribution is 6.38. The van der Waals surface area contributed by atoms with Crippen molar-refractivity contribution < 1.29 is 43.6 Å². The Morgan fingerprint density at radius 3 is 0.855 bits per heavy atom. The molecular weight excluding hydrogens is 724 g/mol. The molecule has 2 heterocycles. The topological polar surface area (TPSA) is 257 Å². The number of imide groups is 2. The highest BCUT2D eigenvalue weighted by Crippen LogP contribution is 2.43. The van der Waals surface area contributed by atoms with Crippen molar-refractivity contribution in [2.75, 3.05) is 9.80 Å². The molecule has 55 heavy (non-hydrogen) atoms. The summed E-state index contributed by atoms with van der Waals surface area (Å²) in [5.74, 6) is -2.98. The number of ether oxygens (including phenoxy) is 1. The Balaban J connectivity index is 1.05. The van der Waals surface area contributed by atoms with Gasteiger partial charge in [-0.2, -0.15) is 0 Å². The minimum absolute atomic E-state index is 0.0984. The van der Waals surface area contributed by atoms with Crippen LogP contribution in [0.1, 0.15) is 41.4 Å². The standard InChI is InChI=1S/C36H16N6O13/c43-33-21-9-13-25(39(47)48)31-26(40(49)50)14-10-22(29(21)31)34(44)37(33)17-1-5-19(6-2-17)55-20-7-3-18(4-8-20)38-35(45)23-11-15-27(41(51)52)32-28(42(53)54)16-12-24(30(23)32)36(38)46/h1-16H. The van der Waals surface area contributed by atoms with Crippen molar-refractivity contribution in [3.63, 3.8) is 0 Å². The zero-order valence-electron chi connectivity index (χ0n) is 27.2. The first-order chi connectivity index (χ1) is 26.3. The molecule has 0 saturated heterocycles. The molecule has 0 atom stereocenters. The summed E-state index contributed by atoms with van der Waals surface area (Å²) in [5, 5.41) is 45.5. The minimum Gasteiger partial charge on any atom is -0.457 e. The molecule has 0 saturated carbocycles. The molecule has 19 heteroatoms. The summed E-state index contributed by atoms with van der Waals surface area (Å²) in [5.41, 5.74) is -2.91. The smallest absolute Gasteiger partial charge is 0.284 e. The second-order valence-electron chi connectivity index (χ2n) is 12.0. The summed E-state index contributed by atoms with van der Waals surface area (Å²) >= 11 is 0. The second kappa shape index (κ2) is 12.1. The predicted octanol–water partition coefficient (Wildman–Crippen LogP) is 7.02. The third-order valence-corrected chi connectivity index (χ3v) is 9.18. The number of hydrogen-bond acceptors (Lipinski definition) is 13. The number of carbonyl (C=O) groups is 4. The Morgan fingerprint density at radius 1 is 0.364 bits per heavy atom. The molecule has 6 aromatic rings. The molecule has 0 aromatic heterocycles. The molecule has 268 valence electrons. The molecule has 8 rings (SSSR count). The number of rotatable bonds is 8. The summed E-state index contributed by atoms with van der Waals surface area (Å²) in [7, 11) is 0. The van der Waals surface area contributed by atoms with Crippen molar-refractivity contribution in [3.05, 3.63) is 160 Å². The van der Waals surface area contributed by atoms with Gasteiger partial charge in [0.25, 0.3) is 46.4 Å². The number of benzene rings is 6. The second-order valence-corrected chi connectivity index (χ2v) is 12.0. The Morgan fingerprint density at radius 2 is 0.618 bits per heavy atom. The van der Waals surface area contributed by atoms with Crippen molar-refractivity contribution >= 4 is 79.3 Å². The maximum atomic E-state index is 13.6. The van der Waals surface area contributed by atoms with Gasteiger partial charge >= 0.3 is 0 Å². The molecule has 6 aromatic carbocycles. The van der Waals surface area contributed by atoms with E-state index in [1.165, 1.54) is 48.5 Å². The molecule has 0 bridgehead atoms. The summed E-state index contributed by atoms with van der Waals surface area (Å²) in [6, 6.07) is 19.8. The molecule has 2 aliphatic heterocycles. The van der Waals surface area contributed by atoms with Gasteiger partial charge in [0.1, 0.15) is 22.3 Å². The van der Waals surface area contributed by atoms with Crippen LogP contribution in [0.3, 0.4) is 0 Å². The third kappa shape index (κ3) is 4.98. The summed E-state index contributed by atoms with van der Waals surface area (Å²) < 4.78 is 5.89. The lowest BCUT2D eigenvalue weighted by molar-refractivity contribution is -0.390. The van der Waals surface area contributed by atoms with Crippen LogP contribution in [0.2, 0.25) is 0 Å².